The van der Waals surface area contributed by atoms with Crippen molar-refractivity contribution in [1.82, 2.24) is 9.80 Å². The summed E-state index contributed by atoms with van der Waals surface area (Å²) in [6.07, 6.45) is 7.10. The van der Waals surface area contributed by atoms with Gasteiger partial charge in [0.2, 0.25) is 11.8 Å². The van der Waals surface area contributed by atoms with E-state index in [0.717, 1.165) is 19.3 Å². The van der Waals surface area contributed by atoms with Crippen LogP contribution in [0.2, 0.25) is 0 Å². The van der Waals surface area contributed by atoms with E-state index in [-0.39, 0.29) is 47.0 Å². The van der Waals surface area contributed by atoms with E-state index in [9.17, 15) is 19.5 Å². The molecule has 2 amide bonds. The van der Waals surface area contributed by atoms with Crippen molar-refractivity contribution in [3.63, 3.8) is 0 Å². The minimum Gasteiger partial charge on any atom is -0.465 e. The number of aliphatic hydroxyl groups is 1. The fraction of sp³-hybridized carbons (Fsp3) is 0.741. The van der Waals surface area contributed by atoms with Gasteiger partial charge in [-0.3, -0.25) is 14.4 Å². The van der Waals surface area contributed by atoms with E-state index in [1.807, 2.05) is 13.8 Å². The van der Waals surface area contributed by atoms with E-state index in [1.165, 1.54) is 0 Å². The summed E-state index contributed by atoms with van der Waals surface area (Å²) in [4.78, 5) is 45.3. The number of aliphatic hydroxyl groups excluding tert-OH is 1. The maximum absolute atomic E-state index is 14.3. The number of hydrogen-bond donors (Lipinski definition) is 1. The zero-order chi connectivity index (χ0) is 26.6. The Kier molecular flexibility index (Phi) is 10.1. The number of unbranched alkanes of at least 4 members (excludes halogenated alkanes) is 1. The lowest BCUT2D eigenvalue weighted by molar-refractivity contribution is -0.154. The predicted molar refractivity (Wildman–Crippen MR) is 147 cm³/mol. The van der Waals surface area contributed by atoms with Crippen molar-refractivity contribution in [2.24, 2.45) is 17.8 Å². The first kappa shape index (κ1) is 29.2. The van der Waals surface area contributed by atoms with Crippen LogP contribution in [0.5, 0.6) is 0 Å². The zero-order valence-electron chi connectivity index (χ0n) is 21.7. The molecular formula is C27H41BrN2O5S. The highest BCUT2D eigenvalue weighted by atomic mass is 79.9. The number of carbonyl (C=O) groups excluding carboxylic acids is 3. The number of carbonyl (C=O) groups is 3. The SMILES string of the molecule is C=CCCOC(=O)[C@H]1[C@@H]2SC3(CC2Br)C(C(=O)N(CC=C)CCCC)N([C@@H](CO)[C@@H](C)CC)C(=O)[C@H]13. The maximum Gasteiger partial charge on any atom is 0.310 e. The van der Waals surface area contributed by atoms with Crippen molar-refractivity contribution in [3.8, 4) is 0 Å². The lowest BCUT2D eigenvalue weighted by atomic mass is 9.71. The number of halogens is 1. The topological polar surface area (TPSA) is 87.2 Å². The largest absolute Gasteiger partial charge is 0.465 e. The normalized spacial score (nSPS) is 32.2. The van der Waals surface area contributed by atoms with Gasteiger partial charge in [-0.1, -0.05) is 61.7 Å². The van der Waals surface area contributed by atoms with Crippen LogP contribution in [0.25, 0.3) is 0 Å². The molecule has 2 bridgehead atoms. The molecule has 0 saturated carbocycles. The molecule has 3 saturated heterocycles. The van der Waals surface area contributed by atoms with Gasteiger partial charge in [0.25, 0.3) is 0 Å². The Morgan fingerprint density at radius 1 is 1.36 bits per heavy atom. The molecule has 0 aliphatic carbocycles. The molecule has 9 heteroatoms. The Balaban J connectivity index is 2.08. The first-order valence-electron chi connectivity index (χ1n) is 13.2. The summed E-state index contributed by atoms with van der Waals surface area (Å²) in [5.41, 5.74) is 0. The summed E-state index contributed by atoms with van der Waals surface area (Å²) >= 11 is 5.37. The molecule has 3 rings (SSSR count). The third kappa shape index (κ3) is 5.04. The average Bonchev–Trinajstić information content (AvgIpc) is 3.45. The van der Waals surface area contributed by atoms with Crippen LogP contribution < -0.4 is 0 Å². The maximum atomic E-state index is 14.3. The summed E-state index contributed by atoms with van der Waals surface area (Å²) in [6.45, 7) is 14.6. The molecule has 8 atom stereocenters. The number of fused-ring (bicyclic) bond motifs is 1. The van der Waals surface area contributed by atoms with Gasteiger partial charge in [-0.2, -0.15) is 0 Å². The van der Waals surface area contributed by atoms with Crippen molar-refractivity contribution < 1.29 is 24.2 Å². The fourth-order valence-corrected chi connectivity index (χ4v) is 9.68. The van der Waals surface area contributed by atoms with Gasteiger partial charge in [-0.25, -0.2) is 0 Å². The molecule has 0 aromatic carbocycles. The highest BCUT2D eigenvalue weighted by molar-refractivity contribution is 9.09. The molecule has 0 aromatic heterocycles. The van der Waals surface area contributed by atoms with E-state index in [0.29, 0.717) is 25.9 Å². The number of esters is 1. The molecule has 3 aliphatic heterocycles. The highest BCUT2D eigenvalue weighted by Crippen LogP contribution is 2.68. The fourth-order valence-electron chi connectivity index (χ4n) is 6.10. The standard InChI is InChI=1S/C27H41BrN2O5S/c1-6-10-13-29(12-8-3)25(33)23-27-15-18(28)22(36-27)20(26(34)35-14-11-7-2)21(27)24(32)30(23)19(16-31)17(5)9-4/h7-8,17-23,31H,2-3,6,9-16H2,1,4-5H3/t17-,18?,19-,20+,21-,22+,23?,27?/m0/s1. The summed E-state index contributed by atoms with van der Waals surface area (Å²) in [6, 6.07) is -1.25. The molecule has 3 fully saturated rings. The summed E-state index contributed by atoms with van der Waals surface area (Å²) < 4.78 is 4.82. The first-order valence-corrected chi connectivity index (χ1v) is 15.0. The lowest BCUT2D eigenvalue weighted by Crippen LogP contribution is -2.59. The number of thioether (sulfide) groups is 1. The third-order valence-electron chi connectivity index (χ3n) is 8.09. The summed E-state index contributed by atoms with van der Waals surface area (Å²) in [7, 11) is 0. The van der Waals surface area contributed by atoms with Gasteiger partial charge < -0.3 is 19.6 Å². The number of amides is 2. The van der Waals surface area contributed by atoms with E-state index < -0.39 is 28.7 Å². The Morgan fingerprint density at radius 3 is 2.67 bits per heavy atom. The molecule has 3 heterocycles. The van der Waals surface area contributed by atoms with Gasteiger partial charge in [-0.05, 0) is 25.2 Å². The Hall–Kier alpha value is -1.32. The number of hydrogen-bond acceptors (Lipinski definition) is 6. The Morgan fingerprint density at radius 2 is 2.08 bits per heavy atom. The van der Waals surface area contributed by atoms with Gasteiger partial charge in [0.05, 0.1) is 35.8 Å². The second-order valence-electron chi connectivity index (χ2n) is 10.2. The van der Waals surface area contributed by atoms with Crippen LogP contribution in [-0.2, 0) is 19.1 Å². The smallest absolute Gasteiger partial charge is 0.310 e. The van der Waals surface area contributed by atoms with Crippen LogP contribution >= 0.6 is 27.7 Å². The van der Waals surface area contributed by atoms with Crippen molar-refractivity contribution in [1.29, 1.82) is 0 Å². The zero-order valence-corrected chi connectivity index (χ0v) is 24.1. The van der Waals surface area contributed by atoms with Crippen LogP contribution in [0.1, 0.15) is 52.9 Å². The van der Waals surface area contributed by atoms with Crippen LogP contribution in [0.4, 0.5) is 0 Å². The molecule has 1 spiro atoms. The number of nitrogens with zero attached hydrogens (tertiary/aromatic N) is 2. The summed E-state index contributed by atoms with van der Waals surface area (Å²) in [5, 5.41) is 10.3. The minimum absolute atomic E-state index is 0.00654. The molecular weight excluding hydrogens is 544 g/mol. The molecule has 1 N–H and O–H groups in total. The minimum atomic E-state index is -0.751. The Labute approximate surface area is 228 Å². The first-order chi connectivity index (χ1) is 17.2. The monoisotopic (exact) mass is 584 g/mol. The number of likely N-dealkylation sites (tertiary alicyclic amines) is 1. The second-order valence-corrected chi connectivity index (χ2v) is 12.9. The van der Waals surface area contributed by atoms with Gasteiger partial charge in [0.15, 0.2) is 0 Å². The molecule has 36 heavy (non-hydrogen) atoms. The quantitative estimate of drug-likeness (QED) is 0.145. The average molecular weight is 586 g/mol. The number of ether oxygens (including phenoxy) is 1. The Bertz CT molecular complexity index is 856. The van der Waals surface area contributed by atoms with E-state index in [1.54, 1.807) is 33.7 Å². The molecule has 0 aromatic rings. The molecule has 7 nitrogen and oxygen atoms in total. The number of rotatable bonds is 14. The van der Waals surface area contributed by atoms with Crippen LogP contribution in [0.3, 0.4) is 0 Å². The van der Waals surface area contributed by atoms with Crippen molar-refractivity contribution in [3.05, 3.63) is 25.3 Å². The predicted octanol–water partition coefficient (Wildman–Crippen LogP) is 3.79. The van der Waals surface area contributed by atoms with Crippen LogP contribution in [-0.4, -0.2) is 85.9 Å². The van der Waals surface area contributed by atoms with Gasteiger partial charge in [0.1, 0.15) is 6.04 Å². The van der Waals surface area contributed by atoms with Crippen LogP contribution in [0.15, 0.2) is 25.3 Å². The molecule has 3 aliphatic rings. The highest BCUT2D eigenvalue weighted by Gasteiger charge is 2.76. The molecule has 202 valence electrons. The van der Waals surface area contributed by atoms with E-state index in [4.69, 9.17) is 4.74 Å². The van der Waals surface area contributed by atoms with Gasteiger partial charge >= 0.3 is 5.97 Å². The second kappa shape index (κ2) is 12.5. The number of alkyl halides is 1. The van der Waals surface area contributed by atoms with Gasteiger partial charge in [-0.15, -0.1) is 24.9 Å². The van der Waals surface area contributed by atoms with Gasteiger partial charge in [0, 0.05) is 23.2 Å². The van der Waals surface area contributed by atoms with Crippen LogP contribution in [0, 0.1) is 17.8 Å². The molecule has 3 unspecified atom stereocenters. The van der Waals surface area contributed by atoms with Crippen molar-refractivity contribution in [2.75, 3.05) is 26.3 Å². The van der Waals surface area contributed by atoms with E-state index >= 15 is 0 Å². The molecule has 0 radical (unpaired) electrons. The third-order valence-corrected chi connectivity index (χ3v) is 11.3. The van der Waals surface area contributed by atoms with Crippen molar-refractivity contribution >= 4 is 45.5 Å². The van der Waals surface area contributed by atoms with Crippen molar-refractivity contribution in [2.45, 2.75) is 79.8 Å². The lowest BCUT2D eigenvalue weighted by Gasteiger charge is -2.41. The van der Waals surface area contributed by atoms with E-state index in [2.05, 4.69) is 36.0 Å². The summed E-state index contributed by atoms with van der Waals surface area (Å²) in [5.74, 6) is -2.00.